The Morgan fingerprint density at radius 2 is 0.842 bits per heavy atom. The quantitative estimate of drug-likeness (QED) is 0.0466. The van der Waals surface area contributed by atoms with Gasteiger partial charge in [0.05, 0.1) is 50.4 Å². The molecule has 1 unspecified atom stereocenters. The summed E-state index contributed by atoms with van der Waals surface area (Å²) in [6.45, 7) is 18.3. The van der Waals surface area contributed by atoms with Crippen molar-refractivity contribution in [3.05, 3.63) is 222 Å². The maximum atomic E-state index is 11.8. The van der Waals surface area contributed by atoms with E-state index in [0.29, 0.717) is 44.3 Å². The fraction of sp³-hybridized carbons (Fsp3) is 0.200. The van der Waals surface area contributed by atoms with Gasteiger partial charge in [0.2, 0.25) is 25.0 Å². The SMILES string of the molecule is CC1(c2nc3c(C(N)=O)cccc3[nH]2)CCCN1c1cccc([Si](C)(C)O)c1.C[Si](C)(O)Cc1ccc(-n2cc3cccc(C(N)=O)c3n2)cc1.C[Si](C)(O)c1ccc(-n2cc3cccc(C(N)=O)c3n2)cc1.C[Si](C)(O)c1cccc(-n2cc3cccc(C(N)=O)c3n2)c1. The Morgan fingerprint density at radius 3 is 1.26 bits per heavy atom. The first-order valence-corrected chi connectivity index (χ1v) is 43.0. The standard InChI is InChI=1S/C21H26N4O2Si.C17H19N3O2Si.2C16H17N3O2Si/c1-21(20-23-17-10-5-9-16(19(22)26)18(17)24-20)11-6-12-25(21)14-7-4-8-15(13-14)28(2,3)27;1-23(2,22)11-12-6-8-14(9-7-12)20-10-13-4-3-5-15(17(18)21)16(13)19-20;1-22(2,21)13-7-4-6-12(9-13)19-10-11-5-3-8-14(16(17)20)15(11)18-19;1-22(2,21)13-8-6-12(7-9-13)19-10-11-4-3-5-14(16(17)20)15(11)18-19/h4-5,7-10,13,27H,6,11-12H2,1-3H3,(H2,22,26)(H,23,24);3-10,22H,11H2,1-2H3,(H2,18,21);2*3-10,21H,1-2H3,(H2,17,20). The van der Waals surface area contributed by atoms with E-state index in [1.165, 1.54) is 0 Å². The van der Waals surface area contributed by atoms with Crippen molar-refractivity contribution in [3.63, 3.8) is 0 Å². The number of nitrogens with zero attached hydrogens (tertiary/aromatic N) is 8. The van der Waals surface area contributed by atoms with Crippen LogP contribution in [-0.4, -0.2) is 122 Å². The predicted molar refractivity (Wildman–Crippen MR) is 385 cm³/mol. The number of H-pyrrole nitrogens is 1. The lowest BCUT2D eigenvalue weighted by Crippen LogP contribution is -2.43. The molecule has 95 heavy (non-hydrogen) atoms. The van der Waals surface area contributed by atoms with Crippen LogP contribution < -0.4 is 43.4 Å². The Bertz CT molecular complexity index is 4850. The maximum Gasteiger partial charge on any atom is 0.250 e. The number of rotatable bonds is 14. The van der Waals surface area contributed by atoms with Gasteiger partial charge in [-0.05, 0) is 178 Å². The number of anilines is 1. The second-order valence-electron chi connectivity index (χ2n) is 26.2. The van der Waals surface area contributed by atoms with E-state index in [-0.39, 0.29) is 5.54 Å². The van der Waals surface area contributed by atoms with Crippen LogP contribution >= 0.6 is 0 Å². The summed E-state index contributed by atoms with van der Waals surface area (Å²) in [5.74, 6) is -1.10. The Labute approximate surface area is 553 Å². The summed E-state index contributed by atoms with van der Waals surface area (Å²) < 4.78 is 5.16. The molecule has 0 radical (unpaired) electrons. The first-order chi connectivity index (χ1) is 44.7. The number of aromatic amines is 1. The Morgan fingerprint density at radius 1 is 0.463 bits per heavy atom. The van der Waals surface area contributed by atoms with Crippen LogP contribution in [0.3, 0.4) is 0 Å². The van der Waals surface area contributed by atoms with E-state index in [4.69, 9.17) is 27.9 Å². The van der Waals surface area contributed by atoms with Gasteiger partial charge in [-0.3, -0.25) is 19.2 Å². The molecule has 4 aromatic heterocycles. The maximum absolute atomic E-state index is 11.8. The summed E-state index contributed by atoms with van der Waals surface area (Å²) in [6, 6.07) is 53.7. The molecule has 13 N–H and O–H groups in total. The van der Waals surface area contributed by atoms with E-state index >= 15 is 0 Å². The van der Waals surface area contributed by atoms with Gasteiger partial charge < -0.3 is 52.0 Å². The molecule has 25 heteroatoms. The van der Waals surface area contributed by atoms with Gasteiger partial charge in [-0.15, -0.1) is 0 Å². The second kappa shape index (κ2) is 26.8. The zero-order valence-corrected chi connectivity index (χ0v) is 58.5. The average Bonchev–Trinajstić information content (AvgIpc) is 1.63. The molecule has 1 aliphatic heterocycles. The van der Waals surface area contributed by atoms with Crippen molar-refractivity contribution in [1.82, 2.24) is 39.3 Å². The van der Waals surface area contributed by atoms with Crippen LogP contribution in [0.5, 0.6) is 0 Å². The molecule has 4 amide bonds. The van der Waals surface area contributed by atoms with Gasteiger partial charge in [0, 0.05) is 47.0 Å². The van der Waals surface area contributed by atoms with E-state index < -0.39 is 56.9 Å². The fourth-order valence-corrected chi connectivity index (χ4v) is 15.8. The van der Waals surface area contributed by atoms with Crippen LogP contribution in [0.15, 0.2) is 188 Å². The molecule has 13 rings (SSSR count). The zero-order valence-electron chi connectivity index (χ0n) is 54.5. The van der Waals surface area contributed by atoms with Gasteiger partial charge in [-0.2, -0.15) is 15.3 Å². The third-order valence-electron chi connectivity index (χ3n) is 16.7. The first-order valence-electron chi connectivity index (χ1n) is 31.0. The minimum atomic E-state index is -2.39. The highest BCUT2D eigenvalue weighted by molar-refractivity contribution is 6.84. The topological polar surface area (TPSA) is 339 Å². The van der Waals surface area contributed by atoms with Crippen LogP contribution in [0.1, 0.15) is 72.6 Å². The number of primary amides is 4. The molecule has 1 aliphatic rings. The third-order valence-corrected chi connectivity index (χ3v) is 23.2. The van der Waals surface area contributed by atoms with Crippen LogP contribution in [0.25, 0.3) is 60.8 Å². The Kier molecular flexibility index (Phi) is 19.2. The lowest BCUT2D eigenvalue weighted by Gasteiger charge is -2.36. The number of hydrogen-bond acceptors (Lipinski definition) is 13. The normalized spacial score (nSPS) is 14.2. The number of fused-ring (bicyclic) bond motifs is 4. The number of para-hydroxylation sites is 1. The fourth-order valence-electron chi connectivity index (χ4n) is 11.6. The number of nitrogens with two attached hydrogens (primary N) is 4. The van der Waals surface area contributed by atoms with Gasteiger partial charge in [-0.1, -0.05) is 91.0 Å². The first kappa shape index (κ1) is 67.9. The molecule has 12 aromatic rings. The van der Waals surface area contributed by atoms with E-state index in [1.807, 2.05) is 186 Å². The summed E-state index contributed by atoms with van der Waals surface area (Å²) >= 11 is 0. The molecule has 488 valence electrons. The van der Waals surface area contributed by atoms with Crippen LogP contribution in [0.2, 0.25) is 52.4 Å². The smallest absolute Gasteiger partial charge is 0.250 e. The number of hydrogen-bond donors (Lipinski definition) is 9. The van der Waals surface area contributed by atoms with E-state index in [1.54, 1.807) is 56.5 Å². The molecular formula is C70H79N13O8Si4. The van der Waals surface area contributed by atoms with Crippen LogP contribution in [-0.2, 0) is 11.6 Å². The van der Waals surface area contributed by atoms with Gasteiger partial charge in [-0.25, -0.2) is 19.0 Å². The number of aromatic nitrogens is 8. The number of amides is 4. The molecule has 0 aliphatic carbocycles. The largest absolute Gasteiger partial charge is 0.432 e. The van der Waals surface area contributed by atoms with Gasteiger partial charge in [0.15, 0.2) is 8.32 Å². The molecule has 1 fully saturated rings. The molecule has 0 bridgehead atoms. The van der Waals surface area contributed by atoms with Gasteiger partial charge in [0.1, 0.15) is 27.9 Å². The molecule has 5 heterocycles. The summed E-state index contributed by atoms with van der Waals surface area (Å²) in [7, 11) is -9.19. The Balaban J connectivity index is 0.000000139. The Hall–Kier alpha value is -9.97. The lowest BCUT2D eigenvalue weighted by atomic mass is 9.97. The molecular weight excluding hydrogens is 1260 g/mol. The highest BCUT2D eigenvalue weighted by Gasteiger charge is 2.41. The highest BCUT2D eigenvalue weighted by Crippen LogP contribution is 2.41. The molecule has 0 spiro atoms. The van der Waals surface area contributed by atoms with Crippen molar-refractivity contribution in [2.75, 3.05) is 11.4 Å². The molecule has 0 saturated carbocycles. The zero-order chi connectivity index (χ0) is 68.5. The minimum Gasteiger partial charge on any atom is -0.432 e. The van der Waals surface area contributed by atoms with Crippen molar-refractivity contribution < 1.29 is 38.4 Å². The number of carbonyl (C=O) groups is 4. The lowest BCUT2D eigenvalue weighted by molar-refractivity contribution is 0.0993. The highest BCUT2D eigenvalue weighted by atomic mass is 28.4. The van der Waals surface area contributed by atoms with E-state index in [2.05, 4.69) is 44.2 Å². The number of nitrogens with one attached hydrogen (secondary N) is 1. The van der Waals surface area contributed by atoms with Gasteiger partial charge >= 0.3 is 0 Å². The van der Waals surface area contributed by atoms with E-state index in [9.17, 15) is 38.4 Å². The summed E-state index contributed by atoms with van der Waals surface area (Å²) in [4.78, 5) is 97.7. The van der Waals surface area contributed by atoms with Crippen LogP contribution in [0.4, 0.5) is 5.69 Å². The number of imidazole rings is 1. The minimum absolute atomic E-state index is 0.326. The van der Waals surface area contributed by atoms with Crippen LogP contribution in [0, 0.1) is 0 Å². The van der Waals surface area contributed by atoms with Crippen molar-refractivity contribution >= 4 is 122 Å². The molecule has 8 aromatic carbocycles. The van der Waals surface area contributed by atoms with Crippen molar-refractivity contribution in [2.45, 2.75) is 83.7 Å². The average molecular weight is 1340 g/mol. The van der Waals surface area contributed by atoms with Gasteiger partial charge in [0.25, 0.3) is 23.6 Å². The molecule has 1 saturated heterocycles. The summed E-state index contributed by atoms with van der Waals surface area (Å²) in [5, 5.41) is 18.9. The number of benzene rings is 8. The molecule has 1 atom stereocenters. The van der Waals surface area contributed by atoms with Crippen molar-refractivity contribution in [3.8, 4) is 17.1 Å². The summed E-state index contributed by atoms with van der Waals surface area (Å²) in [6.07, 6.45) is 7.58. The van der Waals surface area contributed by atoms with Crippen molar-refractivity contribution in [2.24, 2.45) is 22.9 Å². The van der Waals surface area contributed by atoms with Crippen molar-refractivity contribution in [1.29, 1.82) is 0 Å². The monoisotopic (exact) mass is 1340 g/mol. The number of carbonyl (C=O) groups excluding carboxylic acids is 4. The van der Waals surface area contributed by atoms with E-state index in [0.717, 1.165) is 96.8 Å². The molecule has 21 nitrogen and oxygen atoms in total. The predicted octanol–water partition coefficient (Wildman–Crippen LogP) is 8.04. The second-order valence-corrected chi connectivity index (χ2v) is 41.3. The summed E-state index contributed by atoms with van der Waals surface area (Å²) in [5.41, 5.74) is 31.1. The third kappa shape index (κ3) is 15.3.